The van der Waals surface area contributed by atoms with Crippen LogP contribution in [0.25, 0.3) is 10.9 Å². The van der Waals surface area contributed by atoms with Crippen molar-refractivity contribution in [2.24, 2.45) is 5.73 Å². The molecule has 2 aromatic rings. The third kappa shape index (κ3) is 2.34. The van der Waals surface area contributed by atoms with Gasteiger partial charge in [-0.3, -0.25) is 4.98 Å². The van der Waals surface area contributed by atoms with Crippen LogP contribution in [-0.4, -0.2) is 11.0 Å². The summed E-state index contributed by atoms with van der Waals surface area (Å²) in [5.41, 5.74) is 9.08. The summed E-state index contributed by atoms with van der Waals surface area (Å²) in [4.78, 5) is 4.49. The van der Waals surface area contributed by atoms with Crippen molar-refractivity contribution in [3.8, 4) is 0 Å². The molecule has 0 aliphatic heterocycles. The molecule has 2 N–H and O–H groups in total. The number of hydrogen-bond donors (Lipinski definition) is 1. The zero-order chi connectivity index (χ0) is 11.7. The van der Waals surface area contributed by atoms with Gasteiger partial charge < -0.3 is 5.73 Å². The third-order valence-electron chi connectivity index (χ3n) is 2.53. The van der Waals surface area contributed by atoms with E-state index in [1.165, 1.54) is 5.56 Å². The standard InChI is InChI=1S/C13H15ClN2/c1-8(15)5-10-6-9(2)16-13-4-3-11(14)7-12(10)13/h3-4,6-8H,5,15H2,1-2H3. The lowest BCUT2D eigenvalue weighted by Crippen LogP contribution is -2.18. The van der Waals surface area contributed by atoms with Gasteiger partial charge in [0, 0.05) is 22.1 Å². The van der Waals surface area contributed by atoms with E-state index in [1.54, 1.807) is 0 Å². The minimum atomic E-state index is 0.143. The third-order valence-corrected chi connectivity index (χ3v) is 2.76. The van der Waals surface area contributed by atoms with Crippen molar-refractivity contribution in [1.29, 1.82) is 0 Å². The molecule has 0 bridgehead atoms. The van der Waals surface area contributed by atoms with Gasteiger partial charge in [-0.15, -0.1) is 0 Å². The summed E-state index contributed by atoms with van der Waals surface area (Å²) in [6, 6.07) is 8.01. The number of hydrogen-bond acceptors (Lipinski definition) is 2. The molecule has 0 radical (unpaired) electrons. The highest BCUT2D eigenvalue weighted by molar-refractivity contribution is 6.31. The fraction of sp³-hybridized carbons (Fsp3) is 0.308. The van der Waals surface area contributed by atoms with Crippen molar-refractivity contribution in [1.82, 2.24) is 4.98 Å². The van der Waals surface area contributed by atoms with Crippen molar-refractivity contribution < 1.29 is 0 Å². The van der Waals surface area contributed by atoms with E-state index < -0.39 is 0 Å². The van der Waals surface area contributed by atoms with Gasteiger partial charge in [0.1, 0.15) is 0 Å². The topological polar surface area (TPSA) is 38.9 Å². The van der Waals surface area contributed by atoms with Crippen LogP contribution < -0.4 is 5.73 Å². The maximum Gasteiger partial charge on any atom is 0.0708 e. The van der Waals surface area contributed by atoms with Crippen molar-refractivity contribution in [3.63, 3.8) is 0 Å². The average Bonchev–Trinajstić information content (AvgIpc) is 2.18. The molecule has 1 unspecified atom stereocenters. The van der Waals surface area contributed by atoms with Crippen molar-refractivity contribution in [2.75, 3.05) is 0 Å². The molecule has 0 aliphatic carbocycles. The van der Waals surface area contributed by atoms with Gasteiger partial charge in [0.25, 0.3) is 0 Å². The molecular weight excluding hydrogens is 220 g/mol. The van der Waals surface area contributed by atoms with E-state index in [9.17, 15) is 0 Å². The van der Waals surface area contributed by atoms with Crippen LogP contribution in [-0.2, 0) is 6.42 Å². The van der Waals surface area contributed by atoms with Gasteiger partial charge in [-0.1, -0.05) is 11.6 Å². The molecule has 1 atom stereocenters. The zero-order valence-electron chi connectivity index (χ0n) is 9.50. The molecule has 2 nitrogen and oxygen atoms in total. The normalized spacial score (nSPS) is 13.0. The predicted molar refractivity (Wildman–Crippen MR) is 68.8 cm³/mol. The molecule has 0 aliphatic rings. The number of nitrogens with zero attached hydrogens (tertiary/aromatic N) is 1. The van der Waals surface area contributed by atoms with Gasteiger partial charge >= 0.3 is 0 Å². The van der Waals surface area contributed by atoms with Crippen LogP contribution in [0, 0.1) is 6.92 Å². The molecule has 16 heavy (non-hydrogen) atoms. The van der Waals surface area contributed by atoms with Crippen LogP contribution in [0.1, 0.15) is 18.2 Å². The van der Waals surface area contributed by atoms with Gasteiger partial charge in [0.05, 0.1) is 5.52 Å². The summed E-state index contributed by atoms with van der Waals surface area (Å²) in [5.74, 6) is 0. The Kier molecular flexibility index (Phi) is 3.13. The lowest BCUT2D eigenvalue weighted by atomic mass is 10.0. The molecule has 84 valence electrons. The van der Waals surface area contributed by atoms with E-state index in [0.29, 0.717) is 0 Å². The highest BCUT2D eigenvalue weighted by Crippen LogP contribution is 2.23. The number of fused-ring (bicyclic) bond motifs is 1. The lowest BCUT2D eigenvalue weighted by molar-refractivity contribution is 0.740. The second kappa shape index (κ2) is 4.40. The predicted octanol–water partition coefficient (Wildman–Crippen LogP) is 3.09. The minimum Gasteiger partial charge on any atom is -0.328 e. The van der Waals surface area contributed by atoms with Crippen LogP contribution in [0.15, 0.2) is 24.3 Å². The highest BCUT2D eigenvalue weighted by atomic mass is 35.5. The molecule has 0 fully saturated rings. The Morgan fingerprint density at radius 3 is 2.81 bits per heavy atom. The van der Waals surface area contributed by atoms with E-state index in [1.807, 2.05) is 32.0 Å². The van der Waals surface area contributed by atoms with E-state index in [0.717, 1.165) is 28.0 Å². The van der Waals surface area contributed by atoms with Crippen LogP contribution in [0.3, 0.4) is 0 Å². The number of benzene rings is 1. The highest BCUT2D eigenvalue weighted by Gasteiger charge is 2.06. The molecule has 2 rings (SSSR count). The van der Waals surface area contributed by atoms with Crippen LogP contribution in [0.4, 0.5) is 0 Å². The van der Waals surface area contributed by atoms with Gasteiger partial charge in [-0.05, 0) is 50.1 Å². The largest absolute Gasteiger partial charge is 0.328 e. The van der Waals surface area contributed by atoms with E-state index in [2.05, 4.69) is 11.1 Å². The Morgan fingerprint density at radius 1 is 1.38 bits per heavy atom. The Morgan fingerprint density at radius 2 is 2.12 bits per heavy atom. The Labute approximate surface area is 100 Å². The summed E-state index contributed by atoms with van der Waals surface area (Å²) >= 11 is 6.01. The second-order valence-electron chi connectivity index (χ2n) is 4.27. The molecule has 0 saturated carbocycles. The maximum absolute atomic E-state index is 6.01. The maximum atomic E-state index is 6.01. The first-order valence-electron chi connectivity index (χ1n) is 5.37. The van der Waals surface area contributed by atoms with Crippen LogP contribution in [0.5, 0.6) is 0 Å². The average molecular weight is 235 g/mol. The van der Waals surface area contributed by atoms with Gasteiger partial charge in [-0.25, -0.2) is 0 Å². The molecule has 1 heterocycles. The van der Waals surface area contributed by atoms with E-state index in [-0.39, 0.29) is 6.04 Å². The zero-order valence-corrected chi connectivity index (χ0v) is 10.3. The Bertz CT molecular complexity index is 521. The summed E-state index contributed by atoms with van der Waals surface area (Å²) in [7, 11) is 0. The number of aryl methyl sites for hydroxylation is 1. The van der Waals surface area contributed by atoms with Gasteiger partial charge in [-0.2, -0.15) is 0 Å². The number of aromatic nitrogens is 1. The summed E-state index contributed by atoms with van der Waals surface area (Å²) in [6.45, 7) is 4.00. The SMILES string of the molecule is Cc1cc(CC(C)N)c2cc(Cl)ccc2n1. The smallest absolute Gasteiger partial charge is 0.0708 e. The minimum absolute atomic E-state index is 0.143. The first-order valence-corrected chi connectivity index (χ1v) is 5.75. The van der Waals surface area contributed by atoms with E-state index >= 15 is 0 Å². The Balaban J connectivity index is 2.64. The molecule has 3 heteroatoms. The summed E-state index contributed by atoms with van der Waals surface area (Å²) in [5, 5.41) is 1.85. The van der Waals surface area contributed by atoms with Crippen LogP contribution in [0.2, 0.25) is 5.02 Å². The number of nitrogens with two attached hydrogens (primary N) is 1. The van der Waals surface area contributed by atoms with Gasteiger partial charge in [0.15, 0.2) is 0 Å². The number of halogens is 1. The molecule has 1 aromatic carbocycles. The van der Waals surface area contributed by atoms with Crippen molar-refractivity contribution in [2.45, 2.75) is 26.3 Å². The monoisotopic (exact) mass is 234 g/mol. The fourth-order valence-electron chi connectivity index (χ4n) is 1.93. The van der Waals surface area contributed by atoms with Crippen molar-refractivity contribution >= 4 is 22.5 Å². The van der Waals surface area contributed by atoms with E-state index in [4.69, 9.17) is 17.3 Å². The first kappa shape index (κ1) is 11.4. The fourth-order valence-corrected chi connectivity index (χ4v) is 2.10. The first-order chi connectivity index (χ1) is 7.56. The molecular formula is C13H15ClN2. The van der Waals surface area contributed by atoms with Crippen LogP contribution >= 0.6 is 11.6 Å². The quantitative estimate of drug-likeness (QED) is 0.867. The molecule has 1 aromatic heterocycles. The number of pyridine rings is 1. The molecule has 0 amide bonds. The molecule has 0 spiro atoms. The number of rotatable bonds is 2. The lowest BCUT2D eigenvalue weighted by Gasteiger charge is -2.10. The summed E-state index contributed by atoms with van der Waals surface area (Å²) < 4.78 is 0. The second-order valence-corrected chi connectivity index (χ2v) is 4.70. The summed E-state index contributed by atoms with van der Waals surface area (Å²) in [6.07, 6.45) is 0.847. The Hall–Kier alpha value is -1.12. The van der Waals surface area contributed by atoms with Gasteiger partial charge in [0.2, 0.25) is 0 Å². The van der Waals surface area contributed by atoms with Crippen molar-refractivity contribution in [3.05, 3.63) is 40.5 Å². The molecule has 0 saturated heterocycles.